The molecule has 0 bridgehead atoms. The van der Waals surface area contributed by atoms with Gasteiger partial charge in [-0.15, -0.1) is 0 Å². The molecule has 2 heterocycles. The Kier molecular flexibility index (Phi) is 5.41. The summed E-state index contributed by atoms with van der Waals surface area (Å²) in [6.45, 7) is 7.43. The molecule has 2 rings (SSSR count). The molecule has 1 aromatic heterocycles. The Morgan fingerprint density at radius 2 is 2.20 bits per heavy atom. The zero-order chi connectivity index (χ0) is 14.4. The fraction of sp³-hybridized carbons (Fsp3) is 0.562. The van der Waals surface area contributed by atoms with E-state index in [1.165, 1.54) is 13.0 Å². The van der Waals surface area contributed by atoms with Gasteiger partial charge in [-0.2, -0.15) is 0 Å². The molecule has 1 saturated heterocycles. The van der Waals surface area contributed by atoms with Crippen molar-refractivity contribution in [1.29, 1.82) is 0 Å². The second-order valence-corrected chi connectivity index (χ2v) is 5.41. The molecular weight excluding hydrogens is 252 g/mol. The minimum absolute atomic E-state index is 0.0343. The van der Waals surface area contributed by atoms with Gasteiger partial charge in [0.05, 0.1) is 0 Å². The highest BCUT2D eigenvalue weighted by Crippen LogP contribution is 2.11. The smallest absolute Gasteiger partial charge is 0.244 e. The molecule has 1 amide bonds. The Morgan fingerprint density at radius 1 is 1.45 bits per heavy atom. The second kappa shape index (κ2) is 7.29. The van der Waals surface area contributed by atoms with Gasteiger partial charge in [-0.3, -0.25) is 4.79 Å². The maximum absolute atomic E-state index is 11.8. The lowest BCUT2D eigenvalue weighted by molar-refractivity contribution is -0.117. The quantitative estimate of drug-likeness (QED) is 0.841. The van der Waals surface area contributed by atoms with Crippen LogP contribution in [0, 0.1) is 6.92 Å². The van der Waals surface area contributed by atoms with Crippen LogP contribution in [0.25, 0.3) is 6.08 Å². The second-order valence-electron chi connectivity index (χ2n) is 5.41. The Hall–Kier alpha value is -1.55. The van der Waals surface area contributed by atoms with E-state index in [1.807, 2.05) is 19.1 Å². The highest BCUT2D eigenvalue weighted by Gasteiger charge is 2.19. The van der Waals surface area contributed by atoms with E-state index in [4.69, 9.17) is 4.42 Å². The first-order valence-electron chi connectivity index (χ1n) is 7.44. The van der Waals surface area contributed by atoms with Crippen LogP contribution in [0.2, 0.25) is 0 Å². The van der Waals surface area contributed by atoms with Gasteiger partial charge in [-0.25, -0.2) is 0 Å². The average Bonchev–Trinajstić information content (AvgIpc) is 2.85. The molecule has 4 heteroatoms. The summed E-state index contributed by atoms with van der Waals surface area (Å²) < 4.78 is 5.39. The molecule has 0 spiro atoms. The van der Waals surface area contributed by atoms with Crippen molar-refractivity contribution in [2.45, 2.75) is 39.2 Å². The number of hydrogen-bond acceptors (Lipinski definition) is 3. The first kappa shape index (κ1) is 14.9. The van der Waals surface area contributed by atoms with Crippen molar-refractivity contribution in [3.63, 3.8) is 0 Å². The average molecular weight is 276 g/mol. The van der Waals surface area contributed by atoms with E-state index < -0.39 is 0 Å². The van der Waals surface area contributed by atoms with E-state index >= 15 is 0 Å². The number of rotatable bonds is 5. The first-order chi connectivity index (χ1) is 9.67. The van der Waals surface area contributed by atoms with Gasteiger partial charge in [-0.05, 0) is 50.9 Å². The molecule has 20 heavy (non-hydrogen) atoms. The summed E-state index contributed by atoms with van der Waals surface area (Å²) in [5.41, 5.74) is 0. The van der Waals surface area contributed by atoms with Crippen molar-refractivity contribution in [2.75, 3.05) is 19.6 Å². The number of carbonyl (C=O) groups excluding carboxylic acids is 1. The normalized spacial score (nSPS) is 17.7. The predicted octanol–water partition coefficient (Wildman–Crippen LogP) is 2.59. The monoisotopic (exact) mass is 276 g/mol. The van der Waals surface area contributed by atoms with E-state index in [-0.39, 0.29) is 5.91 Å². The van der Waals surface area contributed by atoms with Crippen LogP contribution in [0.4, 0.5) is 0 Å². The largest absolute Gasteiger partial charge is 0.462 e. The van der Waals surface area contributed by atoms with Gasteiger partial charge in [0.15, 0.2) is 0 Å². The van der Waals surface area contributed by atoms with Gasteiger partial charge >= 0.3 is 0 Å². The lowest BCUT2D eigenvalue weighted by Gasteiger charge is -2.31. The fourth-order valence-corrected chi connectivity index (χ4v) is 2.57. The third kappa shape index (κ3) is 4.53. The molecule has 1 fully saturated rings. The Labute approximate surface area is 120 Å². The van der Waals surface area contributed by atoms with Crippen LogP contribution in [0.5, 0.6) is 0 Å². The maximum Gasteiger partial charge on any atom is 0.244 e. The van der Waals surface area contributed by atoms with E-state index in [1.54, 1.807) is 12.2 Å². The molecule has 0 aliphatic carbocycles. The van der Waals surface area contributed by atoms with Gasteiger partial charge in [0, 0.05) is 25.2 Å². The van der Waals surface area contributed by atoms with Crippen LogP contribution in [0.1, 0.15) is 37.7 Å². The van der Waals surface area contributed by atoms with E-state index in [0.29, 0.717) is 6.04 Å². The number of nitrogens with one attached hydrogen (secondary N) is 1. The number of carbonyl (C=O) groups is 1. The van der Waals surface area contributed by atoms with E-state index in [0.717, 1.165) is 37.5 Å². The predicted molar refractivity (Wildman–Crippen MR) is 80.4 cm³/mol. The van der Waals surface area contributed by atoms with Crippen molar-refractivity contribution in [2.24, 2.45) is 0 Å². The van der Waals surface area contributed by atoms with Crippen LogP contribution in [0.3, 0.4) is 0 Å². The summed E-state index contributed by atoms with van der Waals surface area (Å²) in [5.74, 6) is 1.54. The molecule has 0 unspecified atom stereocenters. The molecule has 1 aromatic rings. The summed E-state index contributed by atoms with van der Waals surface area (Å²) >= 11 is 0. The summed E-state index contributed by atoms with van der Waals surface area (Å²) in [6, 6.07) is 4.06. The van der Waals surface area contributed by atoms with Gasteiger partial charge in [-0.1, -0.05) is 6.92 Å². The molecule has 0 atom stereocenters. The summed E-state index contributed by atoms with van der Waals surface area (Å²) in [5, 5.41) is 3.06. The zero-order valence-electron chi connectivity index (χ0n) is 12.4. The number of hydrogen-bond donors (Lipinski definition) is 1. The number of aryl methyl sites for hydroxylation is 1. The third-order valence-corrected chi connectivity index (χ3v) is 3.63. The van der Waals surface area contributed by atoms with Gasteiger partial charge < -0.3 is 14.6 Å². The first-order valence-corrected chi connectivity index (χ1v) is 7.44. The molecule has 1 N–H and O–H groups in total. The number of furan rings is 1. The number of likely N-dealkylation sites (tertiary alicyclic amines) is 1. The van der Waals surface area contributed by atoms with Crippen molar-refractivity contribution >= 4 is 12.0 Å². The van der Waals surface area contributed by atoms with Crippen molar-refractivity contribution in [1.82, 2.24) is 10.2 Å². The van der Waals surface area contributed by atoms with Crippen molar-refractivity contribution in [3.05, 3.63) is 29.7 Å². The maximum atomic E-state index is 11.8. The van der Waals surface area contributed by atoms with Crippen LogP contribution in [0.15, 0.2) is 22.6 Å². The Balaban J connectivity index is 1.74. The minimum Gasteiger partial charge on any atom is -0.462 e. The highest BCUT2D eigenvalue weighted by atomic mass is 16.3. The molecular formula is C16H24N2O2. The van der Waals surface area contributed by atoms with Gasteiger partial charge in [0.2, 0.25) is 5.91 Å². The van der Waals surface area contributed by atoms with Crippen molar-refractivity contribution in [3.8, 4) is 0 Å². The fourth-order valence-electron chi connectivity index (χ4n) is 2.57. The van der Waals surface area contributed by atoms with Crippen LogP contribution >= 0.6 is 0 Å². The lowest BCUT2D eigenvalue weighted by atomic mass is 10.0. The summed E-state index contributed by atoms with van der Waals surface area (Å²) in [7, 11) is 0. The molecule has 1 aliphatic heterocycles. The summed E-state index contributed by atoms with van der Waals surface area (Å²) in [4.78, 5) is 14.3. The standard InChI is InChI=1S/C16H24N2O2/c1-3-10-18-11-8-14(9-12-18)17-16(19)7-6-15-5-4-13(2)20-15/h4-7,14H,3,8-12H2,1-2H3,(H,17,19)/b7-6+. The molecule has 110 valence electrons. The summed E-state index contributed by atoms with van der Waals surface area (Å²) in [6.07, 6.45) is 6.55. The van der Waals surface area contributed by atoms with E-state index in [9.17, 15) is 4.79 Å². The van der Waals surface area contributed by atoms with E-state index in [2.05, 4.69) is 17.1 Å². The minimum atomic E-state index is -0.0343. The SMILES string of the molecule is CCCN1CCC(NC(=O)/C=C/c2ccc(C)o2)CC1. The van der Waals surface area contributed by atoms with Crippen LogP contribution in [-0.2, 0) is 4.79 Å². The number of nitrogens with zero attached hydrogens (tertiary/aromatic N) is 1. The Bertz CT molecular complexity index is 457. The molecule has 0 saturated carbocycles. The Morgan fingerprint density at radius 3 is 2.80 bits per heavy atom. The number of amides is 1. The molecule has 0 aromatic carbocycles. The zero-order valence-corrected chi connectivity index (χ0v) is 12.4. The highest BCUT2D eigenvalue weighted by molar-refractivity contribution is 5.91. The van der Waals surface area contributed by atoms with Crippen LogP contribution in [-0.4, -0.2) is 36.5 Å². The lowest BCUT2D eigenvalue weighted by Crippen LogP contribution is -2.44. The third-order valence-electron chi connectivity index (χ3n) is 3.63. The topological polar surface area (TPSA) is 45.5 Å². The van der Waals surface area contributed by atoms with Gasteiger partial charge in [0.1, 0.15) is 11.5 Å². The molecule has 0 radical (unpaired) electrons. The number of piperidine rings is 1. The molecule has 4 nitrogen and oxygen atoms in total. The van der Waals surface area contributed by atoms with Crippen molar-refractivity contribution < 1.29 is 9.21 Å². The molecule has 1 aliphatic rings. The van der Waals surface area contributed by atoms with Gasteiger partial charge in [0.25, 0.3) is 0 Å². The van der Waals surface area contributed by atoms with Crippen LogP contribution < -0.4 is 5.32 Å².